The van der Waals surface area contributed by atoms with E-state index >= 15 is 0 Å². The van der Waals surface area contributed by atoms with Crippen molar-refractivity contribution >= 4 is 21.8 Å². The molecule has 0 spiro atoms. The third-order valence-electron chi connectivity index (χ3n) is 3.91. The second-order valence-corrected chi connectivity index (χ2v) is 5.84. The Balaban J connectivity index is 2.01. The lowest BCUT2D eigenvalue weighted by Crippen LogP contribution is -2.44. The van der Waals surface area contributed by atoms with Gasteiger partial charge in [0.25, 0.3) is 5.91 Å². The standard InChI is InChI=1S/C15H21BrN2O/c1-17-9-7-14(8-10-17)18(2)15(19)13-5-3-12(11-16)4-6-13/h3-6,14H,7-11H2,1-2H3. The van der Waals surface area contributed by atoms with Crippen molar-refractivity contribution in [2.24, 2.45) is 0 Å². The van der Waals surface area contributed by atoms with Crippen LogP contribution in [-0.4, -0.2) is 48.9 Å². The van der Waals surface area contributed by atoms with Gasteiger partial charge in [-0.15, -0.1) is 0 Å². The summed E-state index contributed by atoms with van der Waals surface area (Å²) < 4.78 is 0. The first-order valence-electron chi connectivity index (χ1n) is 6.72. The predicted octanol–water partition coefficient (Wildman–Crippen LogP) is 2.75. The molecule has 1 aliphatic heterocycles. The molecule has 1 saturated heterocycles. The topological polar surface area (TPSA) is 23.6 Å². The Hall–Kier alpha value is -0.870. The monoisotopic (exact) mass is 324 g/mol. The van der Waals surface area contributed by atoms with Gasteiger partial charge in [-0.25, -0.2) is 0 Å². The highest BCUT2D eigenvalue weighted by molar-refractivity contribution is 9.08. The molecular formula is C15H21BrN2O. The lowest BCUT2D eigenvalue weighted by atomic mass is 10.0. The van der Waals surface area contributed by atoms with Crippen LogP contribution in [0.25, 0.3) is 0 Å². The molecule has 1 aromatic rings. The van der Waals surface area contributed by atoms with Crippen molar-refractivity contribution < 1.29 is 4.79 Å². The van der Waals surface area contributed by atoms with Crippen molar-refractivity contribution in [1.82, 2.24) is 9.80 Å². The third kappa shape index (κ3) is 3.57. The molecule has 0 atom stereocenters. The van der Waals surface area contributed by atoms with Gasteiger partial charge in [0.05, 0.1) is 0 Å². The minimum Gasteiger partial charge on any atom is -0.339 e. The Morgan fingerprint density at radius 3 is 2.42 bits per heavy atom. The highest BCUT2D eigenvalue weighted by Gasteiger charge is 2.24. The summed E-state index contributed by atoms with van der Waals surface area (Å²) in [5.74, 6) is 0.135. The number of benzene rings is 1. The van der Waals surface area contributed by atoms with E-state index in [9.17, 15) is 4.79 Å². The van der Waals surface area contributed by atoms with E-state index in [0.717, 1.165) is 36.8 Å². The summed E-state index contributed by atoms with van der Waals surface area (Å²) in [6.07, 6.45) is 2.14. The van der Waals surface area contributed by atoms with Crippen molar-refractivity contribution in [3.05, 3.63) is 35.4 Å². The van der Waals surface area contributed by atoms with Gasteiger partial charge < -0.3 is 9.80 Å². The third-order valence-corrected chi connectivity index (χ3v) is 4.56. The van der Waals surface area contributed by atoms with Gasteiger partial charge in [0, 0.05) is 24.0 Å². The molecule has 4 heteroatoms. The number of rotatable bonds is 3. The van der Waals surface area contributed by atoms with Gasteiger partial charge in [0.2, 0.25) is 0 Å². The first-order valence-corrected chi connectivity index (χ1v) is 7.84. The number of hydrogen-bond acceptors (Lipinski definition) is 2. The van der Waals surface area contributed by atoms with Crippen molar-refractivity contribution in [3.8, 4) is 0 Å². The van der Waals surface area contributed by atoms with Crippen LogP contribution in [0.2, 0.25) is 0 Å². The summed E-state index contributed by atoms with van der Waals surface area (Å²) in [7, 11) is 4.06. The molecule has 0 N–H and O–H groups in total. The Bertz CT molecular complexity index is 424. The number of likely N-dealkylation sites (tertiary alicyclic amines) is 1. The maximum absolute atomic E-state index is 12.4. The normalized spacial score (nSPS) is 17.4. The second-order valence-electron chi connectivity index (χ2n) is 5.28. The van der Waals surface area contributed by atoms with Gasteiger partial charge >= 0.3 is 0 Å². The molecular weight excluding hydrogens is 304 g/mol. The van der Waals surface area contributed by atoms with Crippen molar-refractivity contribution in [2.75, 3.05) is 27.2 Å². The van der Waals surface area contributed by atoms with Gasteiger partial charge in [-0.2, -0.15) is 0 Å². The molecule has 19 heavy (non-hydrogen) atoms. The Kier molecular flexibility index (Phi) is 4.99. The molecule has 2 rings (SSSR count). The summed E-state index contributed by atoms with van der Waals surface area (Å²) in [5.41, 5.74) is 1.98. The molecule has 0 bridgehead atoms. The minimum absolute atomic E-state index is 0.135. The lowest BCUT2D eigenvalue weighted by molar-refractivity contribution is 0.0659. The van der Waals surface area contributed by atoms with E-state index < -0.39 is 0 Å². The summed E-state index contributed by atoms with van der Waals surface area (Å²) >= 11 is 3.42. The number of nitrogens with zero attached hydrogens (tertiary/aromatic N) is 2. The number of halogens is 1. The molecule has 1 heterocycles. The maximum atomic E-state index is 12.4. The van der Waals surface area contributed by atoms with Crippen molar-refractivity contribution in [1.29, 1.82) is 0 Å². The average molecular weight is 325 g/mol. The molecule has 1 fully saturated rings. The molecule has 0 unspecified atom stereocenters. The molecule has 104 valence electrons. The Labute approximate surface area is 123 Å². The maximum Gasteiger partial charge on any atom is 0.253 e. The Morgan fingerprint density at radius 2 is 1.89 bits per heavy atom. The highest BCUT2D eigenvalue weighted by Crippen LogP contribution is 2.17. The summed E-state index contributed by atoms with van der Waals surface area (Å²) in [6.45, 7) is 2.15. The van der Waals surface area contributed by atoms with Crippen LogP contribution in [0.4, 0.5) is 0 Å². The first kappa shape index (κ1) is 14.5. The largest absolute Gasteiger partial charge is 0.339 e. The number of carbonyl (C=O) groups excluding carboxylic acids is 1. The fourth-order valence-corrected chi connectivity index (χ4v) is 2.86. The second kappa shape index (κ2) is 6.53. The van der Waals surface area contributed by atoms with Crippen LogP contribution in [0.1, 0.15) is 28.8 Å². The highest BCUT2D eigenvalue weighted by atomic mass is 79.9. The predicted molar refractivity (Wildman–Crippen MR) is 81.7 cm³/mol. The number of piperidine rings is 1. The van der Waals surface area contributed by atoms with Crippen LogP contribution in [0.5, 0.6) is 0 Å². The van der Waals surface area contributed by atoms with Crippen LogP contribution < -0.4 is 0 Å². The molecule has 1 amide bonds. The summed E-state index contributed by atoms with van der Waals surface area (Å²) in [5, 5.41) is 0.826. The van der Waals surface area contributed by atoms with Gasteiger partial charge in [-0.1, -0.05) is 28.1 Å². The van der Waals surface area contributed by atoms with E-state index in [0.29, 0.717) is 6.04 Å². The number of alkyl halides is 1. The zero-order chi connectivity index (χ0) is 13.8. The fourth-order valence-electron chi connectivity index (χ4n) is 2.49. The van der Waals surface area contributed by atoms with Crippen LogP contribution in [0.15, 0.2) is 24.3 Å². The average Bonchev–Trinajstić information content (AvgIpc) is 2.46. The quantitative estimate of drug-likeness (QED) is 0.798. The van der Waals surface area contributed by atoms with Crippen LogP contribution in [0, 0.1) is 0 Å². The molecule has 0 radical (unpaired) electrons. The zero-order valence-corrected chi connectivity index (χ0v) is 13.2. The van der Waals surface area contributed by atoms with Gasteiger partial charge in [-0.3, -0.25) is 4.79 Å². The van der Waals surface area contributed by atoms with Crippen LogP contribution in [0.3, 0.4) is 0 Å². The fraction of sp³-hybridized carbons (Fsp3) is 0.533. The smallest absolute Gasteiger partial charge is 0.253 e. The number of carbonyl (C=O) groups is 1. The molecule has 0 aliphatic carbocycles. The first-order chi connectivity index (χ1) is 9.11. The van der Waals surface area contributed by atoms with E-state index in [-0.39, 0.29) is 5.91 Å². The van der Waals surface area contributed by atoms with E-state index in [4.69, 9.17) is 0 Å². The molecule has 0 saturated carbocycles. The van der Waals surface area contributed by atoms with E-state index in [1.54, 1.807) is 0 Å². The molecule has 1 aliphatic rings. The summed E-state index contributed by atoms with van der Waals surface area (Å²) in [4.78, 5) is 16.7. The molecule has 0 aromatic heterocycles. The van der Waals surface area contributed by atoms with Gasteiger partial charge in [0.1, 0.15) is 0 Å². The number of hydrogen-bond donors (Lipinski definition) is 0. The minimum atomic E-state index is 0.135. The summed E-state index contributed by atoms with van der Waals surface area (Å²) in [6, 6.07) is 8.23. The van der Waals surface area contributed by atoms with E-state index in [2.05, 4.69) is 27.9 Å². The van der Waals surface area contributed by atoms with Crippen LogP contribution in [-0.2, 0) is 5.33 Å². The van der Waals surface area contributed by atoms with E-state index in [1.807, 2.05) is 36.2 Å². The van der Waals surface area contributed by atoms with Gasteiger partial charge in [-0.05, 0) is 50.7 Å². The number of amides is 1. The van der Waals surface area contributed by atoms with E-state index in [1.165, 1.54) is 5.56 Å². The van der Waals surface area contributed by atoms with Crippen molar-refractivity contribution in [3.63, 3.8) is 0 Å². The van der Waals surface area contributed by atoms with Crippen LogP contribution >= 0.6 is 15.9 Å². The molecule has 1 aromatic carbocycles. The Morgan fingerprint density at radius 1 is 1.32 bits per heavy atom. The SMILES string of the molecule is CN1CCC(N(C)C(=O)c2ccc(CBr)cc2)CC1. The lowest BCUT2D eigenvalue weighted by Gasteiger charge is -2.35. The van der Waals surface area contributed by atoms with Crippen molar-refractivity contribution in [2.45, 2.75) is 24.2 Å². The van der Waals surface area contributed by atoms with Gasteiger partial charge in [0.15, 0.2) is 0 Å². The molecule has 3 nitrogen and oxygen atoms in total. The zero-order valence-electron chi connectivity index (χ0n) is 11.6.